The number of carboxylic acid groups (broad SMARTS) is 1. The number of methoxy groups -OCH3 is 1. The molecule has 0 unspecified atom stereocenters. The van der Waals surface area contributed by atoms with Crippen LogP contribution in [0.4, 0.5) is 5.69 Å². The summed E-state index contributed by atoms with van der Waals surface area (Å²) in [4.78, 5) is 34.8. The molecule has 138 valence electrons. The van der Waals surface area contributed by atoms with Crippen LogP contribution in [-0.4, -0.2) is 36.5 Å². The second-order valence-corrected chi connectivity index (χ2v) is 5.89. The summed E-state index contributed by atoms with van der Waals surface area (Å²) in [6.07, 6.45) is 2.77. The molecule has 0 atom stereocenters. The zero-order chi connectivity index (χ0) is 19.4. The summed E-state index contributed by atoms with van der Waals surface area (Å²) in [5.41, 5.74) is 2.05. The van der Waals surface area contributed by atoms with Gasteiger partial charge in [0.15, 0.2) is 12.4 Å². The van der Waals surface area contributed by atoms with Gasteiger partial charge in [0, 0.05) is 11.1 Å². The Hall–Kier alpha value is -3.61. The highest BCUT2D eigenvalue weighted by molar-refractivity contribution is 6.07. The molecule has 2 aromatic carbocycles. The maximum Gasteiger partial charge on any atom is 0.307 e. The van der Waals surface area contributed by atoms with Gasteiger partial charge in [0.2, 0.25) is 0 Å². The number of aliphatic carboxylic acids is 1. The number of amides is 1. The zero-order valence-corrected chi connectivity index (χ0v) is 14.5. The lowest BCUT2D eigenvalue weighted by Gasteiger charge is -2.17. The Kier molecular flexibility index (Phi) is 5.21. The first-order valence-corrected chi connectivity index (χ1v) is 8.14. The number of hydrogen-bond acceptors (Lipinski definition) is 5. The molecule has 0 radical (unpaired) electrons. The largest absolute Gasteiger partial charge is 0.496 e. The van der Waals surface area contributed by atoms with Crippen LogP contribution in [0.3, 0.4) is 0 Å². The Bertz CT molecular complexity index is 947. The molecule has 2 aromatic rings. The molecule has 27 heavy (non-hydrogen) atoms. The van der Waals surface area contributed by atoms with E-state index in [2.05, 4.69) is 5.32 Å². The van der Waals surface area contributed by atoms with Crippen LogP contribution in [0.15, 0.2) is 42.5 Å². The van der Waals surface area contributed by atoms with Crippen LogP contribution in [0.25, 0.3) is 6.08 Å². The molecule has 0 aliphatic carbocycles. The number of hydrogen-bond donors (Lipinski definition) is 2. The van der Waals surface area contributed by atoms with Crippen molar-refractivity contribution >= 4 is 29.4 Å². The second-order valence-electron chi connectivity index (χ2n) is 5.89. The van der Waals surface area contributed by atoms with E-state index in [-0.39, 0.29) is 24.7 Å². The van der Waals surface area contributed by atoms with E-state index in [9.17, 15) is 14.4 Å². The van der Waals surface area contributed by atoms with E-state index >= 15 is 0 Å². The van der Waals surface area contributed by atoms with E-state index in [0.717, 1.165) is 0 Å². The number of allylic oxidation sites excluding steroid dienone is 1. The predicted octanol–water partition coefficient (Wildman–Crippen LogP) is 2.55. The summed E-state index contributed by atoms with van der Waals surface area (Å²) < 4.78 is 10.4. The van der Waals surface area contributed by atoms with Gasteiger partial charge in [-0.15, -0.1) is 0 Å². The number of carboxylic acids is 1. The van der Waals surface area contributed by atoms with Gasteiger partial charge < -0.3 is 19.9 Å². The van der Waals surface area contributed by atoms with Crippen molar-refractivity contribution in [3.05, 3.63) is 59.2 Å². The highest BCUT2D eigenvalue weighted by Crippen LogP contribution is 2.29. The van der Waals surface area contributed by atoms with Gasteiger partial charge in [0.25, 0.3) is 5.91 Å². The predicted molar refractivity (Wildman–Crippen MR) is 98.3 cm³/mol. The van der Waals surface area contributed by atoms with Crippen molar-refractivity contribution in [1.82, 2.24) is 0 Å². The summed E-state index contributed by atoms with van der Waals surface area (Å²) in [5, 5.41) is 11.7. The van der Waals surface area contributed by atoms with Crippen molar-refractivity contribution in [3.63, 3.8) is 0 Å². The standard InChI is InChI=1S/C20H17NO6/c1-26-17-7-4-13(9-14(17)10-20(24)25)16(22)5-2-12-3-6-18-15(8-12)21-19(23)11-27-18/h2-9H,10-11H2,1H3,(H,21,23)(H,24,25). The Morgan fingerprint density at radius 1 is 1.26 bits per heavy atom. The number of anilines is 1. The molecule has 1 heterocycles. The van der Waals surface area contributed by atoms with Gasteiger partial charge in [-0.1, -0.05) is 12.1 Å². The average Bonchev–Trinajstić information content (AvgIpc) is 2.65. The molecule has 7 heteroatoms. The number of carbonyl (C=O) groups is 3. The number of carbonyl (C=O) groups excluding carboxylic acids is 2. The molecule has 1 amide bonds. The minimum absolute atomic E-state index is 0.0170. The van der Waals surface area contributed by atoms with E-state index in [1.807, 2.05) is 0 Å². The van der Waals surface area contributed by atoms with Crippen molar-refractivity contribution in [2.24, 2.45) is 0 Å². The van der Waals surface area contributed by atoms with Crippen molar-refractivity contribution in [2.45, 2.75) is 6.42 Å². The number of ketones is 1. The van der Waals surface area contributed by atoms with Crippen molar-refractivity contribution in [1.29, 1.82) is 0 Å². The molecule has 7 nitrogen and oxygen atoms in total. The van der Waals surface area contributed by atoms with Gasteiger partial charge in [0.05, 0.1) is 19.2 Å². The monoisotopic (exact) mass is 367 g/mol. The smallest absolute Gasteiger partial charge is 0.307 e. The third kappa shape index (κ3) is 4.33. The fourth-order valence-electron chi connectivity index (χ4n) is 2.71. The first kappa shape index (κ1) is 18.2. The first-order chi connectivity index (χ1) is 13.0. The SMILES string of the molecule is COc1ccc(C(=O)C=Cc2ccc3c(c2)NC(=O)CO3)cc1CC(=O)O. The van der Waals surface area contributed by atoms with E-state index < -0.39 is 5.97 Å². The second kappa shape index (κ2) is 7.74. The highest BCUT2D eigenvalue weighted by atomic mass is 16.5. The molecule has 0 spiro atoms. The Morgan fingerprint density at radius 3 is 2.81 bits per heavy atom. The fraction of sp³-hybridized carbons (Fsp3) is 0.150. The minimum Gasteiger partial charge on any atom is -0.496 e. The molecular formula is C20H17NO6. The Labute approximate surface area is 155 Å². The molecular weight excluding hydrogens is 350 g/mol. The van der Waals surface area contributed by atoms with Crippen LogP contribution in [0, 0.1) is 0 Å². The van der Waals surface area contributed by atoms with Gasteiger partial charge in [-0.3, -0.25) is 14.4 Å². The van der Waals surface area contributed by atoms with E-state index in [0.29, 0.717) is 33.9 Å². The lowest BCUT2D eigenvalue weighted by atomic mass is 10.0. The molecule has 2 N–H and O–H groups in total. The summed E-state index contributed by atoms with van der Waals surface area (Å²) in [6, 6.07) is 9.87. The van der Waals surface area contributed by atoms with Gasteiger partial charge in [-0.25, -0.2) is 0 Å². The molecule has 0 fully saturated rings. The van der Waals surface area contributed by atoms with Crippen molar-refractivity contribution in [3.8, 4) is 11.5 Å². The number of ether oxygens (including phenoxy) is 2. The van der Waals surface area contributed by atoms with Gasteiger partial charge in [-0.05, 0) is 42.0 Å². The summed E-state index contributed by atoms with van der Waals surface area (Å²) in [5.74, 6) is -0.520. The highest BCUT2D eigenvalue weighted by Gasteiger charge is 2.15. The Morgan fingerprint density at radius 2 is 2.07 bits per heavy atom. The topological polar surface area (TPSA) is 102 Å². The minimum atomic E-state index is -1.01. The van der Waals surface area contributed by atoms with Crippen LogP contribution >= 0.6 is 0 Å². The lowest BCUT2D eigenvalue weighted by molar-refractivity contribution is -0.136. The molecule has 0 aromatic heterocycles. The quantitative estimate of drug-likeness (QED) is 0.601. The van der Waals surface area contributed by atoms with Gasteiger partial charge in [-0.2, -0.15) is 0 Å². The zero-order valence-electron chi connectivity index (χ0n) is 14.5. The molecule has 0 saturated heterocycles. The van der Waals surface area contributed by atoms with Crippen LogP contribution < -0.4 is 14.8 Å². The van der Waals surface area contributed by atoms with Crippen LogP contribution in [0.2, 0.25) is 0 Å². The maximum atomic E-state index is 12.4. The number of rotatable bonds is 6. The third-order valence-corrected chi connectivity index (χ3v) is 3.97. The average molecular weight is 367 g/mol. The molecule has 1 aliphatic rings. The third-order valence-electron chi connectivity index (χ3n) is 3.97. The van der Waals surface area contributed by atoms with Gasteiger partial charge >= 0.3 is 5.97 Å². The number of nitrogens with one attached hydrogen (secondary N) is 1. The first-order valence-electron chi connectivity index (χ1n) is 8.14. The lowest BCUT2D eigenvalue weighted by Crippen LogP contribution is -2.25. The van der Waals surface area contributed by atoms with Gasteiger partial charge in [0.1, 0.15) is 11.5 Å². The maximum absolute atomic E-state index is 12.4. The summed E-state index contributed by atoms with van der Waals surface area (Å²) in [7, 11) is 1.45. The van der Waals surface area contributed by atoms with Crippen molar-refractivity contribution in [2.75, 3.05) is 19.0 Å². The summed E-state index contributed by atoms with van der Waals surface area (Å²) in [6.45, 7) is -0.0170. The van der Waals surface area contributed by atoms with Crippen LogP contribution in [0.1, 0.15) is 21.5 Å². The van der Waals surface area contributed by atoms with E-state index in [1.165, 1.54) is 19.3 Å². The van der Waals surface area contributed by atoms with Crippen LogP contribution in [-0.2, 0) is 16.0 Å². The summed E-state index contributed by atoms with van der Waals surface area (Å²) >= 11 is 0. The number of fused-ring (bicyclic) bond motifs is 1. The molecule has 1 aliphatic heterocycles. The number of benzene rings is 2. The van der Waals surface area contributed by atoms with E-state index in [4.69, 9.17) is 14.6 Å². The Balaban J connectivity index is 1.80. The molecule has 0 bridgehead atoms. The van der Waals surface area contributed by atoms with E-state index in [1.54, 1.807) is 36.4 Å². The van der Waals surface area contributed by atoms with Crippen molar-refractivity contribution < 1.29 is 29.0 Å². The van der Waals surface area contributed by atoms with Crippen LogP contribution in [0.5, 0.6) is 11.5 Å². The fourth-order valence-corrected chi connectivity index (χ4v) is 2.71. The molecule has 0 saturated carbocycles. The normalized spacial score (nSPS) is 12.9. The molecule has 3 rings (SSSR count).